The molecule has 36 heavy (non-hydrogen) atoms. The fourth-order valence-corrected chi connectivity index (χ4v) is 5.70. The molecule has 1 aliphatic rings. The molecule has 0 saturated heterocycles. The van der Waals surface area contributed by atoms with E-state index in [9.17, 15) is 19.5 Å². The summed E-state index contributed by atoms with van der Waals surface area (Å²) >= 11 is 8.42. The van der Waals surface area contributed by atoms with Crippen molar-refractivity contribution in [3.63, 3.8) is 0 Å². The number of fused-ring (bicyclic) bond motifs is 1. The highest BCUT2D eigenvalue weighted by molar-refractivity contribution is 7.18. The van der Waals surface area contributed by atoms with E-state index in [-0.39, 0.29) is 36.0 Å². The van der Waals surface area contributed by atoms with Crippen molar-refractivity contribution in [1.29, 1.82) is 0 Å². The number of carboxylic acids is 1. The summed E-state index contributed by atoms with van der Waals surface area (Å²) < 4.78 is 0.505. The molecule has 0 saturated carbocycles. The number of carbonyl (C=O) groups is 3. The fourth-order valence-electron chi connectivity index (χ4n) is 3.72. The second kappa shape index (κ2) is 11.3. The van der Waals surface area contributed by atoms with Gasteiger partial charge in [0.25, 0.3) is 11.8 Å². The number of halogens is 2. The summed E-state index contributed by atoms with van der Waals surface area (Å²) in [4.78, 5) is 45.4. The lowest BCUT2D eigenvalue weighted by molar-refractivity contribution is 0.0696. The van der Waals surface area contributed by atoms with Gasteiger partial charge in [0.15, 0.2) is 5.01 Å². The van der Waals surface area contributed by atoms with Gasteiger partial charge in [-0.2, -0.15) is 0 Å². The molecule has 0 aliphatic carbocycles. The quantitative estimate of drug-likeness (QED) is 0.371. The van der Waals surface area contributed by atoms with Gasteiger partial charge in [-0.15, -0.1) is 35.1 Å². The Labute approximate surface area is 228 Å². The van der Waals surface area contributed by atoms with Gasteiger partial charge in [-0.1, -0.05) is 17.7 Å². The van der Waals surface area contributed by atoms with Crippen LogP contribution in [0.15, 0.2) is 30.3 Å². The van der Waals surface area contributed by atoms with Crippen LogP contribution in [0.25, 0.3) is 0 Å². The normalized spacial score (nSPS) is 13.4. The van der Waals surface area contributed by atoms with Crippen LogP contribution in [0.5, 0.6) is 0 Å². The van der Waals surface area contributed by atoms with E-state index in [1.54, 1.807) is 18.2 Å². The molecule has 4 rings (SSSR count). The summed E-state index contributed by atoms with van der Waals surface area (Å²) in [5, 5.41) is 15.3. The predicted octanol–water partition coefficient (Wildman–Crippen LogP) is 5.32. The Kier molecular flexibility index (Phi) is 8.79. The molecule has 0 fully saturated rings. The lowest BCUT2D eigenvalue weighted by Gasteiger charge is -2.37. The number of carbonyl (C=O) groups excluding carboxylic acids is 2. The first-order chi connectivity index (χ1) is 16.5. The smallest absolute Gasteiger partial charge is 0.335 e. The van der Waals surface area contributed by atoms with Gasteiger partial charge in [0.05, 0.1) is 20.5 Å². The van der Waals surface area contributed by atoms with Crippen LogP contribution in [-0.2, 0) is 19.5 Å². The third-order valence-electron chi connectivity index (χ3n) is 5.72. The Hall–Kier alpha value is -2.50. The Bertz CT molecular complexity index is 1300. The largest absolute Gasteiger partial charge is 0.478 e. The van der Waals surface area contributed by atoms with E-state index in [1.165, 1.54) is 23.5 Å². The lowest BCUT2D eigenvalue weighted by Crippen LogP contribution is -2.43. The van der Waals surface area contributed by atoms with E-state index in [4.69, 9.17) is 11.6 Å². The molecular weight excluding hydrogens is 543 g/mol. The van der Waals surface area contributed by atoms with E-state index >= 15 is 0 Å². The van der Waals surface area contributed by atoms with Crippen LogP contribution >= 0.6 is 46.7 Å². The molecule has 8 nitrogen and oxygen atoms in total. The number of thiazole rings is 1. The minimum atomic E-state index is -1.11. The maximum absolute atomic E-state index is 13.1. The average molecular weight is 570 g/mol. The number of anilines is 1. The molecule has 192 valence electrons. The minimum absolute atomic E-state index is 0. The second-order valence-corrected chi connectivity index (χ2v) is 11.9. The van der Waals surface area contributed by atoms with Crippen molar-refractivity contribution in [2.75, 3.05) is 11.9 Å². The summed E-state index contributed by atoms with van der Waals surface area (Å²) in [6.45, 7) is 8.20. The number of amides is 2. The first-order valence-electron chi connectivity index (χ1n) is 11.0. The van der Waals surface area contributed by atoms with Crippen LogP contribution < -0.4 is 10.6 Å². The van der Waals surface area contributed by atoms with E-state index in [0.717, 1.165) is 41.4 Å². The zero-order valence-corrected chi connectivity index (χ0v) is 23.1. The average Bonchev–Trinajstić information content (AvgIpc) is 3.43. The summed E-state index contributed by atoms with van der Waals surface area (Å²) in [5.41, 5.74) is 1.86. The van der Waals surface area contributed by atoms with Gasteiger partial charge in [0, 0.05) is 42.2 Å². The molecule has 0 bridgehead atoms. The second-order valence-electron chi connectivity index (χ2n) is 9.15. The Morgan fingerprint density at radius 2 is 1.89 bits per heavy atom. The maximum Gasteiger partial charge on any atom is 0.335 e. The van der Waals surface area contributed by atoms with Gasteiger partial charge in [0.1, 0.15) is 0 Å². The van der Waals surface area contributed by atoms with Crippen LogP contribution in [0.2, 0.25) is 4.34 Å². The molecule has 0 unspecified atom stereocenters. The monoisotopic (exact) mass is 568 g/mol. The molecule has 3 aromatic rings. The number of aromatic nitrogens is 1. The molecule has 1 aliphatic heterocycles. The van der Waals surface area contributed by atoms with Crippen molar-refractivity contribution in [3.05, 3.63) is 66.3 Å². The number of hydrogen-bond acceptors (Lipinski definition) is 7. The van der Waals surface area contributed by atoms with Gasteiger partial charge < -0.3 is 15.7 Å². The van der Waals surface area contributed by atoms with Crippen molar-refractivity contribution in [1.82, 2.24) is 15.2 Å². The van der Waals surface area contributed by atoms with E-state index < -0.39 is 11.9 Å². The Balaban J connectivity index is 0.00000361. The Morgan fingerprint density at radius 1 is 1.14 bits per heavy atom. The van der Waals surface area contributed by atoms with Crippen LogP contribution in [-0.4, -0.2) is 44.9 Å². The summed E-state index contributed by atoms with van der Waals surface area (Å²) in [6, 6.07) is 7.67. The molecule has 3 N–H and O–H groups in total. The fraction of sp³-hybridized carbons (Fsp3) is 0.333. The van der Waals surface area contributed by atoms with Crippen LogP contribution in [0.3, 0.4) is 0 Å². The van der Waals surface area contributed by atoms with Gasteiger partial charge in [-0.05, 0) is 50.6 Å². The number of hydrogen-bond donors (Lipinski definition) is 3. The number of nitrogens with one attached hydrogen (secondary N) is 2. The lowest BCUT2D eigenvalue weighted by atomic mass is 10.0. The SMILES string of the molecule is CC(C)(C)N1CCc2nc(C(=O)Nc3cc(C(=O)O)ccc3CNC(=O)c3ccc(Cl)s3)sc2C1.Cl. The zero-order chi connectivity index (χ0) is 25.3. The van der Waals surface area contributed by atoms with Crippen molar-refractivity contribution in [2.45, 2.75) is 45.8 Å². The topological polar surface area (TPSA) is 112 Å². The Morgan fingerprint density at radius 3 is 2.53 bits per heavy atom. The van der Waals surface area contributed by atoms with Crippen LogP contribution in [0.4, 0.5) is 5.69 Å². The number of benzene rings is 1. The molecule has 2 amide bonds. The van der Waals surface area contributed by atoms with Gasteiger partial charge in [-0.25, -0.2) is 9.78 Å². The predicted molar refractivity (Wildman–Crippen MR) is 145 cm³/mol. The van der Waals surface area contributed by atoms with Crippen molar-refractivity contribution in [3.8, 4) is 0 Å². The molecular formula is C24H26Cl2N4O4S2. The summed E-state index contributed by atoms with van der Waals surface area (Å²) in [6.07, 6.45) is 0.773. The third kappa shape index (κ3) is 6.43. The number of carboxylic acid groups (broad SMARTS) is 1. The van der Waals surface area contributed by atoms with Crippen molar-refractivity contribution in [2.24, 2.45) is 0 Å². The van der Waals surface area contributed by atoms with Gasteiger partial charge in [0.2, 0.25) is 0 Å². The highest BCUT2D eigenvalue weighted by Gasteiger charge is 2.29. The molecule has 1 aromatic carbocycles. The highest BCUT2D eigenvalue weighted by Crippen LogP contribution is 2.30. The molecule has 12 heteroatoms. The highest BCUT2D eigenvalue weighted by atomic mass is 35.5. The van der Waals surface area contributed by atoms with Gasteiger partial charge in [-0.3, -0.25) is 14.5 Å². The molecule has 0 atom stereocenters. The van der Waals surface area contributed by atoms with Crippen molar-refractivity contribution >= 4 is 70.2 Å². The van der Waals surface area contributed by atoms with E-state index in [1.807, 2.05) is 0 Å². The van der Waals surface area contributed by atoms with E-state index in [2.05, 4.69) is 41.3 Å². The maximum atomic E-state index is 13.1. The third-order valence-corrected chi connectivity index (χ3v) is 8.03. The first kappa shape index (κ1) is 28.1. The van der Waals surface area contributed by atoms with E-state index in [0.29, 0.717) is 25.5 Å². The first-order valence-corrected chi connectivity index (χ1v) is 13.0. The van der Waals surface area contributed by atoms with Gasteiger partial charge >= 0.3 is 5.97 Å². The summed E-state index contributed by atoms with van der Waals surface area (Å²) in [7, 11) is 0. The van der Waals surface area contributed by atoms with Crippen molar-refractivity contribution < 1.29 is 19.5 Å². The molecule has 0 radical (unpaired) electrons. The molecule has 0 spiro atoms. The number of nitrogens with zero attached hydrogens (tertiary/aromatic N) is 2. The minimum Gasteiger partial charge on any atom is -0.478 e. The van der Waals surface area contributed by atoms with Crippen LogP contribution in [0, 0.1) is 0 Å². The number of rotatable bonds is 6. The van der Waals surface area contributed by atoms with Crippen LogP contribution in [0.1, 0.15) is 66.7 Å². The summed E-state index contributed by atoms with van der Waals surface area (Å²) in [5.74, 6) is -1.83. The molecule has 3 heterocycles. The number of thiophene rings is 1. The number of aromatic carboxylic acids is 1. The standard InChI is InChI=1S/C24H25ClN4O4S2.ClH/c1-24(2,3)29-9-8-15-18(12-29)35-22(28-15)21(31)27-16-10-13(23(32)33)4-5-14(16)11-26-20(30)17-6-7-19(25)34-17;/h4-7,10H,8-9,11-12H2,1-3H3,(H,26,30)(H,27,31)(H,32,33);1H. The molecule has 2 aromatic heterocycles. The zero-order valence-electron chi connectivity index (χ0n) is 19.9.